The highest BCUT2D eigenvalue weighted by Gasteiger charge is 2.35. The number of hydrogen-bond donors (Lipinski definition) is 0. The third-order valence-corrected chi connectivity index (χ3v) is 6.38. The van der Waals surface area contributed by atoms with Gasteiger partial charge in [-0.05, 0) is 56.4 Å². The van der Waals surface area contributed by atoms with Crippen molar-refractivity contribution in [3.05, 3.63) is 23.4 Å². The van der Waals surface area contributed by atoms with Crippen LogP contribution >= 0.6 is 0 Å². The first-order valence-electron chi connectivity index (χ1n) is 10.2. The van der Waals surface area contributed by atoms with E-state index in [4.69, 9.17) is 9.15 Å². The number of nitrogens with zero attached hydrogens (tertiary/aromatic N) is 3. The number of hydrogen-bond acceptors (Lipinski definition) is 5. The molecule has 4 atom stereocenters. The smallest absolute Gasteiger partial charge is 0.217 e. The van der Waals surface area contributed by atoms with Crippen LogP contribution in [0.15, 0.2) is 16.1 Å². The predicted octanol–water partition coefficient (Wildman–Crippen LogP) is 3.89. The largest absolute Gasteiger partial charge is 0.426 e. The Labute approximate surface area is 158 Å². The Morgan fingerprint density at radius 3 is 2.77 bits per heavy atom. The van der Waals surface area contributed by atoms with Gasteiger partial charge < -0.3 is 9.15 Å². The van der Waals surface area contributed by atoms with Gasteiger partial charge in [0, 0.05) is 33.0 Å². The minimum Gasteiger partial charge on any atom is -0.426 e. The molecule has 0 N–H and O–H groups in total. The summed E-state index contributed by atoms with van der Waals surface area (Å²) >= 11 is 0. The van der Waals surface area contributed by atoms with E-state index in [2.05, 4.69) is 41.9 Å². The van der Waals surface area contributed by atoms with Gasteiger partial charge in [0.1, 0.15) is 0 Å². The van der Waals surface area contributed by atoms with Crippen LogP contribution in [0.2, 0.25) is 0 Å². The summed E-state index contributed by atoms with van der Waals surface area (Å²) in [6.07, 6.45) is 7.21. The monoisotopic (exact) mass is 361 g/mol. The van der Waals surface area contributed by atoms with Crippen molar-refractivity contribution in [1.82, 2.24) is 15.1 Å². The number of methoxy groups -OCH3 is 1. The normalized spacial score (nSPS) is 30.2. The fourth-order valence-electron chi connectivity index (χ4n) is 4.90. The highest BCUT2D eigenvalue weighted by Crippen LogP contribution is 2.40. The molecule has 1 aliphatic carbocycles. The molecule has 1 aromatic rings. The first kappa shape index (κ1) is 19.6. The van der Waals surface area contributed by atoms with E-state index in [-0.39, 0.29) is 0 Å². The Kier molecular flexibility index (Phi) is 6.51. The lowest BCUT2D eigenvalue weighted by atomic mass is 9.69. The first-order chi connectivity index (χ1) is 12.5. The van der Waals surface area contributed by atoms with Crippen LogP contribution in [-0.2, 0) is 11.2 Å². The average Bonchev–Trinajstić information content (AvgIpc) is 3.19. The number of aromatic nitrogens is 2. The summed E-state index contributed by atoms with van der Waals surface area (Å²) in [5.41, 5.74) is 1.49. The Balaban J connectivity index is 1.70. The molecule has 146 valence electrons. The van der Waals surface area contributed by atoms with Crippen molar-refractivity contribution in [2.75, 3.05) is 26.8 Å². The maximum absolute atomic E-state index is 5.63. The second-order valence-electron chi connectivity index (χ2n) is 8.58. The highest BCUT2D eigenvalue weighted by atomic mass is 16.5. The molecule has 3 rings (SSSR count). The van der Waals surface area contributed by atoms with E-state index in [0.29, 0.717) is 35.6 Å². The Morgan fingerprint density at radius 1 is 1.31 bits per heavy atom. The van der Waals surface area contributed by atoms with E-state index in [1.807, 2.05) is 14.0 Å². The number of aryl methyl sites for hydroxylation is 1. The average molecular weight is 362 g/mol. The maximum atomic E-state index is 5.63. The van der Waals surface area contributed by atoms with Gasteiger partial charge in [-0.25, -0.2) is 0 Å². The fourth-order valence-corrected chi connectivity index (χ4v) is 4.90. The zero-order chi connectivity index (χ0) is 18.7. The molecule has 0 amide bonds. The zero-order valence-corrected chi connectivity index (χ0v) is 17.1. The Morgan fingerprint density at radius 2 is 2.12 bits per heavy atom. The molecule has 0 saturated carbocycles. The molecule has 2 aliphatic rings. The van der Waals surface area contributed by atoms with E-state index in [0.717, 1.165) is 18.9 Å². The molecular weight excluding hydrogens is 326 g/mol. The predicted molar refractivity (Wildman–Crippen MR) is 103 cm³/mol. The highest BCUT2D eigenvalue weighted by molar-refractivity contribution is 5.14. The number of likely N-dealkylation sites (tertiary alicyclic amines) is 1. The zero-order valence-electron chi connectivity index (χ0n) is 17.1. The summed E-state index contributed by atoms with van der Waals surface area (Å²) in [5, 5.41) is 8.20. The third-order valence-electron chi connectivity index (χ3n) is 6.38. The van der Waals surface area contributed by atoms with Crippen LogP contribution in [0.5, 0.6) is 0 Å². The van der Waals surface area contributed by atoms with Gasteiger partial charge in [-0.2, -0.15) is 0 Å². The molecule has 5 nitrogen and oxygen atoms in total. The van der Waals surface area contributed by atoms with E-state index in [1.165, 1.54) is 37.9 Å². The molecule has 5 heteroatoms. The quantitative estimate of drug-likeness (QED) is 0.690. The number of rotatable bonds is 7. The van der Waals surface area contributed by atoms with Crippen LogP contribution in [0, 0.1) is 30.6 Å². The van der Waals surface area contributed by atoms with Gasteiger partial charge >= 0.3 is 0 Å². The lowest BCUT2D eigenvalue weighted by Crippen LogP contribution is -2.41. The van der Waals surface area contributed by atoms with Crippen LogP contribution in [0.4, 0.5) is 0 Å². The van der Waals surface area contributed by atoms with E-state index >= 15 is 0 Å². The molecule has 2 heterocycles. The van der Waals surface area contributed by atoms with Crippen molar-refractivity contribution in [1.29, 1.82) is 0 Å². The van der Waals surface area contributed by atoms with E-state index in [1.54, 1.807) is 0 Å². The lowest BCUT2D eigenvalue weighted by molar-refractivity contribution is 0.0928. The third kappa shape index (κ3) is 4.55. The summed E-state index contributed by atoms with van der Waals surface area (Å²) in [7, 11) is 1.82. The molecule has 1 saturated heterocycles. The number of allylic oxidation sites excluding steroid dienone is 1. The number of ether oxygens (including phenoxy) is 1. The van der Waals surface area contributed by atoms with E-state index in [9.17, 15) is 0 Å². The summed E-state index contributed by atoms with van der Waals surface area (Å²) in [6.45, 7) is 12.1. The SMILES string of the molecule is COC[C@H]1CCCN1C[C@@H]1C=C(C)[C@@H](Cc2nnc(C)o2)C[C@H]1C(C)C. The van der Waals surface area contributed by atoms with Crippen LogP contribution in [0.3, 0.4) is 0 Å². The van der Waals surface area contributed by atoms with Crippen molar-refractivity contribution in [3.63, 3.8) is 0 Å². The van der Waals surface area contributed by atoms with Crippen molar-refractivity contribution < 1.29 is 9.15 Å². The summed E-state index contributed by atoms with van der Waals surface area (Å²) in [6, 6.07) is 0.598. The molecule has 0 radical (unpaired) electrons. The van der Waals surface area contributed by atoms with Gasteiger partial charge in [-0.3, -0.25) is 4.90 Å². The van der Waals surface area contributed by atoms with Crippen molar-refractivity contribution in [2.45, 2.75) is 59.4 Å². The van der Waals surface area contributed by atoms with Crippen LogP contribution in [0.1, 0.15) is 51.8 Å². The van der Waals surface area contributed by atoms with E-state index < -0.39 is 0 Å². The minimum atomic E-state index is 0.520. The topological polar surface area (TPSA) is 51.4 Å². The van der Waals surface area contributed by atoms with Gasteiger partial charge in [0.25, 0.3) is 0 Å². The van der Waals surface area contributed by atoms with Crippen molar-refractivity contribution in [3.8, 4) is 0 Å². The van der Waals surface area contributed by atoms with Crippen LogP contribution < -0.4 is 0 Å². The van der Waals surface area contributed by atoms with Gasteiger partial charge in [-0.15, -0.1) is 10.2 Å². The molecule has 1 fully saturated rings. The minimum absolute atomic E-state index is 0.520. The van der Waals surface area contributed by atoms with Gasteiger partial charge in [0.15, 0.2) is 0 Å². The Hall–Kier alpha value is -1.20. The molecular formula is C21H35N3O2. The fraction of sp³-hybridized carbons (Fsp3) is 0.810. The standard InChI is InChI=1S/C21H35N3O2/c1-14(2)20-10-17(11-21-23-22-16(4)26-21)15(3)9-18(20)12-24-8-6-7-19(24)13-25-5/h9,14,17-20H,6-8,10-13H2,1-5H3/t17-,18+,19-,20+/m1/s1. The van der Waals surface area contributed by atoms with Crippen molar-refractivity contribution >= 4 is 0 Å². The maximum Gasteiger partial charge on any atom is 0.217 e. The second kappa shape index (κ2) is 8.66. The molecule has 0 bridgehead atoms. The van der Waals surface area contributed by atoms with Crippen LogP contribution in [0.25, 0.3) is 0 Å². The summed E-state index contributed by atoms with van der Waals surface area (Å²) < 4.78 is 11.1. The van der Waals surface area contributed by atoms with Crippen molar-refractivity contribution in [2.24, 2.45) is 23.7 Å². The summed E-state index contributed by atoms with van der Waals surface area (Å²) in [5.74, 6) is 3.98. The first-order valence-corrected chi connectivity index (χ1v) is 10.2. The van der Waals surface area contributed by atoms with Gasteiger partial charge in [0.05, 0.1) is 6.61 Å². The Bertz CT molecular complexity index is 610. The van der Waals surface area contributed by atoms with Gasteiger partial charge in [-0.1, -0.05) is 25.5 Å². The molecule has 26 heavy (non-hydrogen) atoms. The molecule has 1 aromatic heterocycles. The molecule has 0 spiro atoms. The second-order valence-corrected chi connectivity index (χ2v) is 8.58. The molecule has 1 aliphatic heterocycles. The molecule has 0 unspecified atom stereocenters. The summed E-state index contributed by atoms with van der Waals surface area (Å²) in [4.78, 5) is 2.66. The molecule has 0 aromatic carbocycles. The van der Waals surface area contributed by atoms with Crippen LogP contribution in [-0.4, -0.2) is 47.9 Å². The van der Waals surface area contributed by atoms with Gasteiger partial charge in [0.2, 0.25) is 11.8 Å². The lowest BCUT2D eigenvalue weighted by Gasteiger charge is -2.39.